The standard InChI is InChI=1S/C20H22N2O6/c23-13-21-19(25)12-27-18-9-7-16(8-10-18)2-1-15-3-5-17(6-4-15)11-28-20(26)22-14-24/h1-10,23-24H,11-14H2,(H,21,25)(H,22,26)/b2-1+. The van der Waals surface area contributed by atoms with Crippen LogP contribution in [0.1, 0.15) is 16.7 Å². The Hall–Kier alpha value is -3.36. The van der Waals surface area contributed by atoms with E-state index >= 15 is 0 Å². The molecule has 2 amide bonds. The highest BCUT2D eigenvalue weighted by Crippen LogP contribution is 2.15. The average Bonchev–Trinajstić information content (AvgIpc) is 2.71. The van der Waals surface area contributed by atoms with Gasteiger partial charge in [-0.2, -0.15) is 0 Å². The molecular weight excluding hydrogens is 364 g/mol. The minimum absolute atomic E-state index is 0.119. The highest BCUT2D eigenvalue weighted by Gasteiger charge is 2.02. The maximum absolute atomic E-state index is 11.2. The van der Waals surface area contributed by atoms with Crippen LogP contribution in [0.5, 0.6) is 5.75 Å². The van der Waals surface area contributed by atoms with Crippen LogP contribution in [0.25, 0.3) is 12.2 Å². The lowest BCUT2D eigenvalue weighted by Gasteiger charge is -2.06. The van der Waals surface area contributed by atoms with E-state index in [1.807, 2.05) is 48.6 Å². The number of aliphatic hydroxyl groups is 2. The first-order valence-electron chi connectivity index (χ1n) is 8.49. The molecule has 0 atom stereocenters. The van der Waals surface area contributed by atoms with Crippen molar-refractivity contribution < 1.29 is 29.3 Å². The molecule has 0 bridgehead atoms. The van der Waals surface area contributed by atoms with Crippen molar-refractivity contribution >= 4 is 24.2 Å². The van der Waals surface area contributed by atoms with Gasteiger partial charge in [0.05, 0.1) is 0 Å². The van der Waals surface area contributed by atoms with E-state index in [2.05, 4.69) is 10.6 Å². The fourth-order valence-electron chi connectivity index (χ4n) is 2.15. The molecule has 0 radical (unpaired) electrons. The summed E-state index contributed by atoms with van der Waals surface area (Å²) in [7, 11) is 0. The molecule has 2 aromatic rings. The van der Waals surface area contributed by atoms with Crippen molar-refractivity contribution in [2.24, 2.45) is 0 Å². The summed E-state index contributed by atoms with van der Waals surface area (Å²) < 4.78 is 10.2. The second-order valence-corrected chi connectivity index (χ2v) is 5.60. The number of hydrogen-bond acceptors (Lipinski definition) is 6. The number of hydrogen-bond donors (Lipinski definition) is 4. The Morgan fingerprint density at radius 1 is 0.857 bits per heavy atom. The van der Waals surface area contributed by atoms with Crippen molar-refractivity contribution in [2.75, 3.05) is 20.1 Å². The average molecular weight is 386 g/mol. The number of carbonyl (C=O) groups is 2. The molecule has 28 heavy (non-hydrogen) atoms. The number of ether oxygens (including phenoxy) is 2. The fourth-order valence-corrected chi connectivity index (χ4v) is 2.15. The van der Waals surface area contributed by atoms with Gasteiger partial charge in [-0.05, 0) is 28.8 Å². The highest BCUT2D eigenvalue weighted by molar-refractivity contribution is 5.77. The summed E-state index contributed by atoms with van der Waals surface area (Å²) in [6, 6.07) is 14.7. The van der Waals surface area contributed by atoms with Crippen LogP contribution in [0.15, 0.2) is 48.5 Å². The molecule has 0 aliphatic carbocycles. The predicted molar refractivity (Wildman–Crippen MR) is 103 cm³/mol. The SMILES string of the molecule is O=C(COc1ccc(/C=C/c2ccc(COC(=O)NCO)cc2)cc1)NCO. The molecule has 8 nitrogen and oxygen atoms in total. The molecule has 0 aliphatic rings. The Kier molecular flexibility index (Phi) is 8.51. The first-order chi connectivity index (χ1) is 13.6. The summed E-state index contributed by atoms with van der Waals surface area (Å²) in [5, 5.41) is 21.5. The minimum atomic E-state index is -0.673. The lowest BCUT2D eigenvalue weighted by molar-refractivity contribution is -0.124. The van der Waals surface area contributed by atoms with E-state index in [-0.39, 0.29) is 13.2 Å². The Bertz CT molecular complexity index is 720. The number of nitrogens with one attached hydrogen (secondary N) is 2. The number of alkyl carbamates (subject to hydrolysis) is 1. The normalized spacial score (nSPS) is 10.5. The van der Waals surface area contributed by atoms with Crippen LogP contribution in [-0.2, 0) is 16.1 Å². The van der Waals surface area contributed by atoms with Crippen LogP contribution < -0.4 is 15.4 Å². The van der Waals surface area contributed by atoms with Crippen LogP contribution in [0, 0.1) is 0 Å². The summed E-state index contributed by atoms with van der Waals surface area (Å²) in [5.41, 5.74) is 2.77. The lowest BCUT2D eigenvalue weighted by Crippen LogP contribution is -2.29. The van der Waals surface area contributed by atoms with Gasteiger partial charge in [-0.15, -0.1) is 0 Å². The van der Waals surface area contributed by atoms with E-state index < -0.39 is 25.5 Å². The van der Waals surface area contributed by atoms with Gasteiger partial charge in [0.15, 0.2) is 6.61 Å². The molecular formula is C20H22N2O6. The summed E-state index contributed by atoms with van der Waals surface area (Å²) in [6.45, 7) is -0.922. The summed E-state index contributed by atoms with van der Waals surface area (Å²) in [4.78, 5) is 22.4. The Morgan fingerprint density at radius 3 is 2.00 bits per heavy atom. The molecule has 0 saturated carbocycles. The summed E-state index contributed by atoms with van der Waals surface area (Å²) in [6.07, 6.45) is 3.20. The molecule has 8 heteroatoms. The van der Waals surface area contributed by atoms with Crippen molar-refractivity contribution in [3.05, 3.63) is 65.2 Å². The zero-order valence-corrected chi connectivity index (χ0v) is 15.1. The van der Waals surface area contributed by atoms with Crippen molar-refractivity contribution in [2.45, 2.75) is 6.61 Å². The predicted octanol–water partition coefficient (Wildman–Crippen LogP) is 1.48. The molecule has 148 valence electrons. The Labute approximate surface area is 162 Å². The maximum atomic E-state index is 11.2. The monoisotopic (exact) mass is 386 g/mol. The van der Waals surface area contributed by atoms with Crippen molar-refractivity contribution in [3.8, 4) is 5.75 Å². The number of carbonyl (C=O) groups excluding carboxylic acids is 2. The molecule has 0 aliphatic heterocycles. The lowest BCUT2D eigenvalue weighted by atomic mass is 10.1. The van der Waals surface area contributed by atoms with Crippen LogP contribution in [-0.4, -0.2) is 42.3 Å². The van der Waals surface area contributed by atoms with Crippen molar-refractivity contribution in [1.29, 1.82) is 0 Å². The first-order valence-corrected chi connectivity index (χ1v) is 8.49. The first kappa shape index (κ1) is 20.9. The zero-order chi connectivity index (χ0) is 20.2. The number of rotatable bonds is 9. The maximum Gasteiger partial charge on any atom is 0.409 e. The Morgan fingerprint density at radius 2 is 1.43 bits per heavy atom. The largest absolute Gasteiger partial charge is 0.484 e. The van der Waals surface area contributed by atoms with Crippen LogP contribution in [0.4, 0.5) is 4.79 Å². The topological polar surface area (TPSA) is 117 Å². The molecule has 2 aromatic carbocycles. The molecule has 2 rings (SSSR count). The summed E-state index contributed by atoms with van der Waals surface area (Å²) >= 11 is 0. The van der Waals surface area contributed by atoms with Crippen LogP contribution in [0.2, 0.25) is 0 Å². The van der Waals surface area contributed by atoms with Crippen molar-refractivity contribution in [1.82, 2.24) is 10.6 Å². The Balaban J connectivity index is 1.84. The third-order valence-electron chi connectivity index (χ3n) is 3.57. The van der Waals surface area contributed by atoms with E-state index in [0.717, 1.165) is 16.7 Å². The van der Waals surface area contributed by atoms with Gasteiger partial charge in [0, 0.05) is 0 Å². The molecule has 0 unspecified atom stereocenters. The molecule has 0 heterocycles. The van der Waals surface area contributed by atoms with E-state index in [1.54, 1.807) is 12.1 Å². The van der Waals surface area contributed by atoms with Gasteiger partial charge in [0.1, 0.15) is 25.8 Å². The van der Waals surface area contributed by atoms with Gasteiger partial charge in [-0.3, -0.25) is 10.1 Å². The van der Waals surface area contributed by atoms with E-state index in [1.165, 1.54) is 0 Å². The van der Waals surface area contributed by atoms with E-state index in [4.69, 9.17) is 19.7 Å². The highest BCUT2D eigenvalue weighted by atomic mass is 16.5. The van der Waals surface area contributed by atoms with Gasteiger partial charge in [0.2, 0.25) is 0 Å². The van der Waals surface area contributed by atoms with Gasteiger partial charge >= 0.3 is 6.09 Å². The second-order valence-electron chi connectivity index (χ2n) is 5.60. The smallest absolute Gasteiger partial charge is 0.409 e. The number of benzene rings is 2. The second kappa shape index (κ2) is 11.4. The molecule has 0 fully saturated rings. The molecule has 0 saturated heterocycles. The van der Waals surface area contributed by atoms with E-state index in [9.17, 15) is 9.59 Å². The van der Waals surface area contributed by atoms with Crippen LogP contribution >= 0.6 is 0 Å². The van der Waals surface area contributed by atoms with Gasteiger partial charge in [0.25, 0.3) is 5.91 Å². The number of amides is 2. The minimum Gasteiger partial charge on any atom is -0.484 e. The molecule has 0 spiro atoms. The van der Waals surface area contributed by atoms with Gasteiger partial charge in [-0.25, -0.2) is 4.79 Å². The fraction of sp³-hybridized carbons (Fsp3) is 0.200. The third kappa shape index (κ3) is 7.48. The zero-order valence-electron chi connectivity index (χ0n) is 15.1. The van der Waals surface area contributed by atoms with Crippen LogP contribution in [0.3, 0.4) is 0 Å². The third-order valence-corrected chi connectivity index (χ3v) is 3.57. The van der Waals surface area contributed by atoms with Gasteiger partial charge < -0.3 is 25.0 Å². The van der Waals surface area contributed by atoms with E-state index in [0.29, 0.717) is 5.75 Å². The number of aliphatic hydroxyl groups excluding tert-OH is 2. The van der Waals surface area contributed by atoms with Gasteiger partial charge in [-0.1, -0.05) is 48.6 Å². The quantitative estimate of drug-likeness (QED) is 0.383. The summed E-state index contributed by atoms with van der Waals surface area (Å²) in [5.74, 6) is 0.161. The molecule has 0 aromatic heterocycles. The molecule has 4 N–H and O–H groups in total. The van der Waals surface area contributed by atoms with Crippen molar-refractivity contribution in [3.63, 3.8) is 0 Å².